The van der Waals surface area contributed by atoms with E-state index in [4.69, 9.17) is 11.5 Å². The van der Waals surface area contributed by atoms with Gasteiger partial charge in [-0.05, 0) is 12.1 Å². The lowest BCUT2D eigenvalue weighted by Gasteiger charge is -2.02. The second kappa shape index (κ2) is 4.42. The van der Waals surface area contributed by atoms with Crippen LogP contribution in [0.2, 0.25) is 0 Å². The van der Waals surface area contributed by atoms with E-state index in [0.717, 1.165) is 0 Å². The molecular weight excluding hydrogens is 168 g/mol. The number of carbonyl (C=O) groups is 1. The normalized spacial score (nSPS) is 9.62. The fraction of sp³-hybridized carbons (Fsp3) is 0.250. The molecule has 5 nitrogen and oxygen atoms in total. The maximum absolute atomic E-state index is 11.1. The highest BCUT2D eigenvalue weighted by Crippen LogP contribution is 2.05. The van der Waals surface area contributed by atoms with Crippen molar-refractivity contribution in [1.82, 2.24) is 4.98 Å². The molecule has 1 amide bonds. The van der Waals surface area contributed by atoms with Gasteiger partial charge < -0.3 is 16.8 Å². The van der Waals surface area contributed by atoms with Gasteiger partial charge in [-0.2, -0.15) is 0 Å². The average Bonchev–Trinajstić information content (AvgIpc) is 2.04. The van der Waals surface area contributed by atoms with Crippen LogP contribution >= 0.6 is 0 Å². The summed E-state index contributed by atoms with van der Waals surface area (Å²) in [4.78, 5) is 15.0. The van der Waals surface area contributed by atoms with Crippen LogP contribution in [0.1, 0.15) is 6.42 Å². The maximum Gasteiger partial charge on any atom is 0.226 e. The summed E-state index contributed by atoms with van der Waals surface area (Å²) in [6.07, 6.45) is 0.288. The number of nitrogens with two attached hydrogens (primary N) is 2. The Balaban J connectivity index is 2.58. The highest BCUT2D eigenvalue weighted by atomic mass is 16.1. The highest BCUT2D eigenvalue weighted by molar-refractivity contribution is 5.89. The third-order valence-corrected chi connectivity index (χ3v) is 1.41. The number of rotatable bonds is 3. The molecule has 0 aliphatic carbocycles. The number of nitrogens with zero attached hydrogens (tertiary/aromatic N) is 1. The van der Waals surface area contributed by atoms with E-state index in [9.17, 15) is 4.79 Å². The topological polar surface area (TPSA) is 94.0 Å². The number of aromatic nitrogens is 1. The fourth-order valence-electron chi connectivity index (χ4n) is 0.858. The number of amides is 1. The maximum atomic E-state index is 11.1. The summed E-state index contributed by atoms with van der Waals surface area (Å²) in [6, 6.07) is 5.05. The van der Waals surface area contributed by atoms with Crippen LogP contribution in [-0.2, 0) is 4.79 Å². The minimum atomic E-state index is -0.152. The van der Waals surface area contributed by atoms with Crippen molar-refractivity contribution in [3.05, 3.63) is 18.2 Å². The molecule has 5 N–H and O–H groups in total. The quantitative estimate of drug-likeness (QED) is 0.608. The summed E-state index contributed by atoms with van der Waals surface area (Å²) in [5.41, 5.74) is 10.6. The molecule has 0 atom stereocenters. The van der Waals surface area contributed by atoms with Crippen LogP contribution in [-0.4, -0.2) is 17.4 Å². The molecule has 70 valence electrons. The lowest BCUT2D eigenvalue weighted by molar-refractivity contribution is -0.116. The zero-order valence-electron chi connectivity index (χ0n) is 7.16. The first kappa shape index (κ1) is 9.47. The van der Waals surface area contributed by atoms with Gasteiger partial charge >= 0.3 is 0 Å². The van der Waals surface area contributed by atoms with Gasteiger partial charge in [0.1, 0.15) is 11.6 Å². The summed E-state index contributed by atoms with van der Waals surface area (Å²) >= 11 is 0. The van der Waals surface area contributed by atoms with E-state index in [1.807, 2.05) is 0 Å². The SMILES string of the molecule is NCCC(=O)Nc1cccc(N)n1. The molecule has 0 saturated carbocycles. The first-order valence-electron chi connectivity index (χ1n) is 3.95. The van der Waals surface area contributed by atoms with E-state index in [1.54, 1.807) is 18.2 Å². The van der Waals surface area contributed by atoms with Crippen LogP contribution < -0.4 is 16.8 Å². The number of nitrogens with one attached hydrogen (secondary N) is 1. The third kappa shape index (κ3) is 3.08. The van der Waals surface area contributed by atoms with Crippen LogP contribution in [0, 0.1) is 0 Å². The van der Waals surface area contributed by atoms with Gasteiger partial charge in [0.15, 0.2) is 0 Å². The highest BCUT2D eigenvalue weighted by Gasteiger charge is 2.00. The zero-order valence-corrected chi connectivity index (χ0v) is 7.16. The summed E-state index contributed by atoms with van der Waals surface area (Å²) in [5.74, 6) is 0.685. The Kier molecular flexibility index (Phi) is 3.22. The van der Waals surface area contributed by atoms with E-state index in [1.165, 1.54) is 0 Å². The fourth-order valence-corrected chi connectivity index (χ4v) is 0.858. The number of hydrogen-bond acceptors (Lipinski definition) is 4. The average molecular weight is 180 g/mol. The van der Waals surface area contributed by atoms with Crippen molar-refractivity contribution in [3.63, 3.8) is 0 Å². The number of pyridine rings is 1. The Morgan fingerprint density at radius 1 is 1.54 bits per heavy atom. The van der Waals surface area contributed by atoms with E-state index in [-0.39, 0.29) is 12.3 Å². The van der Waals surface area contributed by atoms with Crippen molar-refractivity contribution in [2.75, 3.05) is 17.6 Å². The van der Waals surface area contributed by atoms with E-state index in [2.05, 4.69) is 10.3 Å². The first-order valence-corrected chi connectivity index (χ1v) is 3.95. The molecule has 0 saturated heterocycles. The van der Waals surface area contributed by atoms with Crippen LogP contribution in [0.15, 0.2) is 18.2 Å². The second-order valence-corrected chi connectivity index (χ2v) is 2.53. The van der Waals surface area contributed by atoms with E-state index in [0.29, 0.717) is 18.2 Å². The van der Waals surface area contributed by atoms with Crippen molar-refractivity contribution >= 4 is 17.5 Å². The van der Waals surface area contributed by atoms with Crippen LogP contribution in [0.5, 0.6) is 0 Å². The Morgan fingerprint density at radius 3 is 2.92 bits per heavy atom. The van der Waals surface area contributed by atoms with Crippen LogP contribution in [0.25, 0.3) is 0 Å². The van der Waals surface area contributed by atoms with Gasteiger partial charge in [0.05, 0.1) is 0 Å². The largest absolute Gasteiger partial charge is 0.384 e. The van der Waals surface area contributed by atoms with E-state index < -0.39 is 0 Å². The van der Waals surface area contributed by atoms with Crippen LogP contribution in [0.4, 0.5) is 11.6 Å². The zero-order chi connectivity index (χ0) is 9.68. The predicted octanol–water partition coefficient (Wildman–Crippen LogP) is -0.0489. The van der Waals surface area contributed by atoms with Gasteiger partial charge in [-0.15, -0.1) is 0 Å². The predicted molar refractivity (Wildman–Crippen MR) is 51.0 cm³/mol. The number of carbonyl (C=O) groups excluding carboxylic acids is 1. The van der Waals surface area contributed by atoms with Crippen molar-refractivity contribution in [3.8, 4) is 0 Å². The Hall–Kier alpha value is -1.62. The molecule has 13 heavy (non-hydrogen) atoms. The monoisotopic (exact) mass is 180 g/mol. The summed E-state index contributed by atoms with van der Waals surface area (Å²) in [5, 5.41) is 2.57. The summed E-state index contributed by atoms with van der Waals surface area (Å²) in [6.45, 7) is 0.328. The number of hydrogen-bond donors (Lipinski definition) is 3. The minimum Gasteiger partial charge on any atom is -0.384 e. The molecule has 5 heteroatoms. The Morgan fingerprint density at radius 2 is 2.31 bits per heavy atom. The molecule has 0 aliphatic rings. The van der Waals surface area contributed by atoms with E-state index >= 15 is 0 Å². The Labute approximate surface area is 76.1 Å². The molecule has 1 heterocycles. The van der Waals surface area contributed by atoms with Crippen molar-refractivity contribution in [2.45, 2.75) is 6.42 Å². The van der Waals surface area contributed by atoms with Gasteiger partial charge in [0.2, 0.25) is 5.91 Å². The van der Waals surface area contributed by atoms with Crippen molar-refractivity contribution in [1.29, 1.82) is 0 Å². The minimum absolute atomic E-state index is 0.152. The lowest BCUT2D eigenvalue weighted by Crippen LogP contribution is -2.17. The molecule has 1 rings (SSSR count). The first-order chi connectivity index (χ1) is 6.22. The molecule has 0 radical (unpaired) electrons. The third-order valence-electron chi connectivity index (χ3n) is 1.41. The molecule has 0 unspecified atom stereocenters. The van der Waals surface area contributed by atoms with Gasteiger partial charge in [-0.1, -0.05) is 6.07 Å². The molecule has 0 aliphatic heterocycles. The number of nitrogen functional groups attached to an aromatic ring is 1. The summed E-state index contributed by atoms with van der Waals surface area (Å²) < 4.78 is 0. The van der Waals surface area contributed by atoms with Gasteiger partial charge in [0, 0.05) is 13.0 Å². The lowest BCUT2D eigenvalue weighted by atomic mass is 10.4. The van der Waals surface area contributed by atoms with Crippen molar-refractivity contribution in [2.24, 2.45) is 5.73 Å². The van der Waals surface area contributed by atoms with Gasteiger partial charge in [0.25, 0.3) is 0 Å². The Bertz CT molecular complexity index is 300. The van der Waals surface area contributed by atoms with Crippen LogP contribution in [0.3, 0.4) is 0 Å². The molecule has 0 bridgehead atoms. The molecule has 1 aromatic rings. The molecule has 0 aromatic carbocycles. The number of anilines is 2. The van der Waals surface area contributed by atoms with Gasteiger partial charge in [-0.25, -0.2) is 4.98 Å². The van der Waals surface area contributed by atoms with Gasteiger partial charge in [-0.3, -0.25) is 4.79 Å². The molecule has 0 spiro atoms. The molecule has 1 aromatic heterocycles. The van der Waals surface area contributed by atoms with Crippen molar-refractivity contribution < 1.29 is 4.79 Å². The smallest absolute Gasteiger partial charge is 0.226 e. The standard InChI is InChI=1S/C8H12N4O/c9-5-4-8(13)12-7-3-1-2-6(10)11-7/h1-3H,4-5,9H2,(H3,10,11,12,13). The summed E-state index contributed by atoms with van der Waals surface area (Å²) in [7, 11) is 0. The molecular formula is C8H12N4O. The second-order valence-electron chi connectivity index (χ2n) is 2.53. The molecule has 0 fully saturated rings.